The van der Waals surface area contributed by atoms with Crippen LogP contribution in [0.5, 0.6) is 11.5 Å². The minimum absolute atomic E-state index is 0.236. The Balaban J connectivity index is 1.68. The first-order valence-corrected chi connectivity index (χ1v) is 8.16. The van der Waals surface area contributed by atoms with E-state index in [2.05, 4.69) is 15.0 Å². The van der Waals surface area contributed by atoms with Crippen LogP contribution in [0.4, 0.5) is 5.82 Å². The van der Waals surface area contributed by atoms with Crippen molar-refractivity contribution in [1.82, 2.24) is 15.0 Å². The smallest absolute Gasteiger partial charge is 0.196 e. The molecule has 0 bridgehead atoms. The number of nitrogens with two attached hydrogens (primary N) is 1. The SMILES string of the molecule is Nc1ncnc2[nH]cc(C(=O)c3ccc(Oc4ccccc4)cc3Cl)c12. The van der Waals surface area contributed by atoms with E-state index in [-0.39, 0.29) is 16.6 Å². The van der Waals surface area contributed by atoms with E-state index in [0.29, 0.717) is 33.7 Å². The molecule has 0 unspecified atom stereocenters. The van der Waals surface area contributed by atoms with Gasteiger partial charge in [0.2, 0.25) is 0 Å². The molecule has 0 saturated carbocycles. The first-order valence-electron chi connectivity index (χ1n) is 7.78. The number of nitrogen functional groups attached to an aromatic ring is 1. The standard InChI is InChI=1S/C19H13ClN4O2/c20-15-8-12(26-11-4-2-1-3-5-11)6-7-13(15)17(25)14-9-22-19-16(14)18(21)23-10-24-19/h1-10H,(H3,21,22,23,24). The number of ketones is 1. The first-order chi connectivity index (χ1) is 12.6. The van der Waals surface area contributed by atoms with E-state index in [0.717, 1.165) is 0 Å². The summed E-state index contributed by atoms with van der Waals surface area (Å²) >= 11 is 6.32. The summed E-state index contributed by atoms with van der Waals surface area (Å²) in [5.41, 5.74) is 7.11. The highest BCUT2D eigenvalue weighted by atomic mass is 35.5. The zero-order valence-corrected chi connectivity index (χ0v) is 14.2. The number of ether oxygens (including phenoxy) is 1. The fourth-order valence-corrected chi connectivity index (χ4v) is 2.94. The van der Waals surface area contributed by atoms with Crippen molar-refractivity contribution >= 4 is 34.2 Å². The number of fused-ring (bicyclic) bond motifs is 1. The van der Waals surface area contributed by atoms with Crippen LogP contribution in [0.15, 0.2) is 61.1 Å². The molecule has 0 saturated heterocycles. The van der Waals surface area contributed by atoms with Crippen molar-refractivity contribution in [3.8, 4) is 11.5 Å². The molecule has 3 N–H and O–H groups in total. The highest BCUT2D eigenvalue weighted by Crippen LogP contribution is 2.30. The maximum atomic E-state index is 12.9. The Morgan fingerprint density at radius 1 is 1.04 bits per heavy atom. The minimum Gasteiger partial charge on any atom is -0.457 e. The Kier molecular flexibility index (Phi) is 4.02. The molecule has 0 amide bonds. The molecule has 0 aliphatic heterocycles. The molecule has 7 heteroatoms. The van der Waals surface area contributed by atoms with Crippen LogP contribution >= 0.6 is 11.6 Å². The van der Waals surface area contributed by atoms with Crippen molar-refractivity contribution in [3.05, 3.63) is 77.2 Å². The number of para-hydroxylation sites is 1. The van der Waals surface area contributed by atoms with Crippen LogP contribution in [-0.4, -0.2) is 20.7 Å². The number of carbonyl (C=O) groups is 1. The predicted octanol–water partition coefficient (Wildman–Crippen LogP) is 4.22. The molecule has 6 nitrogen and oxygen atoms in total. The van der Waals surface area contributed by atoms with Gasteiger partial charge in [0.25, 0.3) is 0 Å². The van der Waals surface area contributed by atoms with E-state index in [1.165, 1.54) is 6.33 Å². The highest BCUT2D eigenvalue weighted by molar-refractivity contribution is 6.35. The zero-order chi connectivity index (χ0) is 18.1. The lowest BCUT2D eigenvalue weighted by Crippen LogP contribution is -2.03. The molecule has 0 fully saturated rings. The number of nitrogens with zero attached hydrogens (tertiary/aromatic N) is 2. The number of hydrogen-bond acceptors (Lipinski definition) is 5. The van der Waals surface area contributed by atoms with Gasteiger partial charge in [0, 0.05) is 17.8 Å². The summed E-state index contributed by atoms with van der Waals surface area (Å²) in [6.45, 7) is 0. The predicted molar refractivity (Wildman–Crippen MR) is 99.7 cm³/mol. The molecule has 4 aromatic rings. The van der Waals surface area contributed by atoms with Gasteiger partial charge in [0.15, 0.2) is 5.78 Å². The maximum absolute atomic E-state index is 12.9. The van der Waals surface area contributed by atoms with Crippen molar-refractivity contribution in [2.45, 2.75) is 0 Å². The second kappa shape index (κ2) is 6.50. The number of carbonyl (C=O) groups excluding carboxylic acids is 1. The van der Waals surface area contributed by atoms with E-state index in [9.17, 15) is 4.79 Å². The van der Waals surface area contributed by atoms with Crippen LogP contribution in [-0.2, 0) is 0 Å². The summed E-state index contributed by atoms with van der Waals surface area (Å²) < 4.78 is 5.73. The maximum Gasteiger partial charge on any atom is 0.196 e. The molecule has 26 heavy (non-hydrogen) atoms. The Hall–Kier alpha value is -3.38. The van der Waals surface area contributed by atoms with Crippen LogP contribution in [0.2, 0.25) is 5.02 Å². The lowest BCUT2D eigenvalue weighted by molar-refractivity contribution is 0.104. The Labute approximate surface area is 153 Å². The molecule has 0 spiro atoms. The summed E-state index contributed by atoms with van der Waals surface area (Å²) in [6.07, 6.45) is 2.90. The van der Waals surface area contributed by atoms with Gasteiger partial charge in [-0.05, 0) is 24.3 Å². The molecule has 2 heterocycles. The summed E-state index contributed by atoms with van der Waals surface area (Å²) in [5, 5.41) is 0.770. The second-order valence-electron chi connectivity index (χ2n) is 5.57. The molecular weight excluding hydrogens is 352 g/mol. The topological polar surface area (TPSA) is 93.9 Å². The molecular formula is C19H13ClN4O2. The molecule has 0 atom stereocenters. The average molecular weight is 365 g/mol. The van der Waals surface area contributed by atoms with Gasteiger partial charge in [-0.15, -0.1) is 0 Å². The third-order valence-corrected chi connectivity index (χ3v) is 4.22. The fraction of sp³-hybridized carbons (Fsp3) is 0. The van der Waals surface area contributed by atoms with Crippen molar-refractivity contribution in [2.24, 2.45) is 0 Å². The number of H-pyrrole nitrogens is 1. The number of halogens is 1. The van der Waals surface area contributed by atoms with Gasteiger partial charge >= 0.3 is 0 Å². The fourth-order valence-electron chi connectivity index (χ4n) is 2.68. The second-order valence-corrected chi connectivity index (χ2v) is 5.98. The number of aromatic amines is 1. The molecule has 0 aliphatic carbocycles. The summed E-state index contributed by atoms with van der Waals surface area (Å²) in [6, 6.07) is 14.2. The monoisotopic (exact) mass is 364 g/mol. The van der Waals surface area contributed by atoms with Gasteiger partial charge in [-0.2, -0.15) is 0 Å². The molecule has 128 valence electrons. The lowest BCUT2D eigenvalue weighted by Gasteiger charge is -2.08. The van der Waals surface area contributed by atoms with Crippen molar-refractivity contribution in [1.29, 1.82) is 0 Å². The van der Waals surface area contributed by atoms with Gasteiger partial charge in [0.1, 0.15) is 29.3 Å². The Bertz CT molecular complexity index is 1110. The molecule has 4 rings (SSSR count). The number of anilines is 1. The van der Waals surface area contributed by atoms with Crippen molar-refractivity contribution < 1.29 is 9.53 Å². The number of rotatable bonds is 4. The number of aromatic nitrogens is 3. The largest absolute Gasteiger partial charge is 0.457 e. The van der Waals surface area contributed by atoms with Crippen LogP contribution < -0.4 is 10.5 Å². The van der Waals surface area contributed by atoms with Gasteiger partial charge in [0.05, 0.1) is 16.0 Å². The van der Waals surface area contributed by atoms with E-state index in [1.54, 1.807) is 24.4 Å². The van der Waals surface area contributed by atoms with Crippen LogP contribution in [0.25, 0.3) is 11.0 Å². The minimum atomic E-state index is -0.269. The third kappa shape index (κ3) is 2.87. The summed E-state index contributed by atoms with van der Waals surface area (Å²) in [5.74, 6) is 1.19. The average Bonchev–Trinajstić information content (AvgIpc) is 3.08. The lowest BCUT2D eigenvalue weighted by atomic mass is 10.0. The van der Waals surface area contributed by atoms with Crippen LogP contribution in [0.1, 0.15) is 15.9 Å². The van der Waals surface area contributed by atoms with Gasteiger partial charge in [-0.1, -0.05) is 29.8 Å². The van der Waals surface area contributed by atoms with Crippen molar-refractivity contribution in [2.75, 3.05) is 5.73 Å². The quantitative estimate of drug-likeness (QED) is 0.529. The van der Waals surface area contributed by atoms with Gasteiger partial charge in [-0.25, -0.2) is 9.97 Å². The summed E-state index contributed by atoms with van der Waals surface area (Å²) in [7, 11) is 0. The molecule has 0 radical (unpaired) electrons. The molecule has 0 aliphatic rings. The Morgan fingerprint density at radius 2 is 1.85 bits per heavy atom. The third-order valence-electron chi connectivity index (χ3n) is 3.91. The number of benzene rings is 2. The van der Waals surface area contributed by atoms with Gasteiger partial charge in [-0.3, -0.25) is 4.79 Å². The number of hydrogen-bond donors (Lipinski definition) is 2. The van der Waals surface area contributed by atoms with Crippen molar-refractivity contribution in [3.63, 3.8) is 0 Å². The van der Waals surface area contributed by atoms with E-state index in [1.807, 2.05) is 30.3 Å². The summed E-state index contributed by atoms with van der Waals surface area (Å²) in [4.78, 5) is 23.8. The van der Waals surface area contributed by atoms with Gasteiger partial charge < -0.3 is 15.5 Å². The normalized spacial score (nSPS) is 10.8. The van der Waals surface area contributed by atoms with Crippen LogP contribution in [0.3, 0.4) is 0 Å². The number of nitrogens with one attached hydrogen (secondary N) is 1. The van der Waals surface area contributed by atoms with Crippen LogP contribution in [0, 0.1) is 0 Å². The first kappa shape index (κ1) is 16.1. The van der Waals surface area contributed by atoms with E-state index >= 15 is 0 Å². The highest BCUT2D eigenvalue weighted by Gasteiger charge is 2.20. The zero-order valence-electron chi connectivity index (χ0n) is 13.4. The van der Waals surface area contributed by atoms with E-state index in [4.69, 9.17) is 22.1 Å². The molecule has 2 aromatic carbocycles. The Morgan fingerprint density at radius 3 is 2.62 bits per heavy atom. The molecule has 2 aromatic heterocycles. The van der Waals surface area contributed by atoms with E-state index < -0.39 is 0 Å².